The summed E-state index contributed by atoms with van der Waals surface area (Å²) in [5.74, 6) is 0.285. The summed E-state index contributed by atoms with van der Waals surface area (Å²) in [6.07, 6.45) is 3.11. The van der Waals surface area contributed by atoms with Crippen LogP contribution in [0.15, 0.2) is 0 Å². The zero-order valence-electron chi connectivity index (χ0n) is 9.86. The Kier molecular flexibility index (Phi) is 8.11. The van der Waals surface area contributed by atoms with E-state index in [0.29, 0.717) is 12.8 Å². The normalized spacial score (nSPS) is 13.6. The third kappa shape index (κ3) is 7.96. The average molecular weight is 228 g/mol. The zero-order valence-corrected chi connectivity index (χ0v) is 9.86. The maximum Gasteiger partial charge on any atom is 0.508 e. The number of ether oxygens (including phenoxy) is 2. The summed E-state index contributed by atoms with van der Waals surface area (Å²) in [6, 6.07) is 0. The highest BCUT2D eigenvalue weighted by atomic mass is 16.7. The predicted molar refractivity (Wildman–Crippen MR) is 62.4 cm³/mol. The van der Waals surface area contributed by atoms with Gasteiger partial charge in [0.05, 0.1) is 13.2 Å². The maximum atomic E-state index is 11.1. The summed E-state index contributed by atoms with van der Waals surface area (Å²) in [6.45, 7) is 4.34. The first-order valence-electron chi connectivity index (χ1n) is 5.37. The van der Waals surface area contributed by atoms with Crippen LogP contribution in [0.2, 0.25) is 0 Å². The summed E-state index contributed by atoms with van der Waals surface area (Å²) in [4.78, 5) is 11.1. The van der Waals surface area contributed by atoms with Crippen LogP contribution in [0.1, 0.15) is 26.7 Å². The Bertz CT molecular complexity index is 209. The van der Waals surface area contributed by atoms with Crippen LogP contribution in [-0.2, 0) is 9.47 Å². The van der Waals surface area contributed by atoms with Crippen LogP contribution in [0.5, 0.6) is 0 Å². The molecule has 0 saturated heterocycles. The van der Waals surface area contributed by atoms with Gasteiger partial charge in [0.2, 0.25) is 0 Å². The monoisotopic (exact) mass is 228 g/mol. The zero-order chi connectivity index (χ0) is 12.4. The molecule has 0 spiro atoms. The van der Waals surface area contributed by atoms with E-state index in [1.54, 1.807) is 0 Å². The number of hydrogen-bond donors (Lipinski definition) is 2. The Morgan fingerprint density at radius 2 is 1.44 bits per heavy atom. The van der Waals surface area contributed by atoms with Crippen molar-refractivity contribution in [2.45, 2.75) is 26.7 Å². The van der Waals surface area contributed by atoms with E-state index in [1.807, 2.05) is 13.8 Å². The molecule has 0 aliphatic carbocycles. The van der Waals surface area contributed by atoms with Crippen molar-refractivity contribution in [3.63, 3.8) is 0 Å². The molecule has 5 heteroatoms. The van der Waals surface area contributed by atoms with Crippen LogP contribution in [0, 0.1) is 22.7 Å². The Morgan fingerprint density at radius 3 is 1.75 bits per heavy atom. The molecule has 0 fully saturated rings. The number of carbonyl (C=O) groups excluding carboxylic acids is 1. The molecule has 0 heterocycles. The summed E-state index contributed by atoms with van der Waals surface area (Å²) in [7, 11) is 0. The average Bonchev–Trinajstić information content (AvgIpc) is 2.24. The van der Waals surface area contributed by atoms with Crippen molar-refractivity contribution in [1.82, 2.24) is 0 Å². The molecular formula is C11H20N2O3. The van der Waals surface area contributed by atoms with Gasteiger partial charge in [-0.15, -0.1) is 0 Å². The summed E-state index contributed by atoms with van der Waals surface area (Å²) in [5, 5.41) is 13.8. The minimum Gasteiger partial charge on any atom is -0.434 e. The van der Waals surface area contributed by atoms with E-state index in [4.69, 9.17) is 20.3 Å². The van der Waals surface area contributed by atoms with Crippen molar-refractivity contribution >= 4 is 18.6 Å². The highest BCUT2D eigenvalue weighted by Crippen LogP contribution is 2.03. The lowest BCUT2D eigenvalue weighted by Gasteiger charge is -2.11. The van der Waals surface area contributed by atoms with Gasteiger partial charge in [-0.05, 0) is 37.1 Å². The lowest BCUT2D eigenvalue weighted by Crippen LogP contribution is -2.16. The number of nitrogens with one attached hydrogen (secondary N) is 2. The minimum atomic E-state index is -0.673. The number of carbonyl (C=O) groups is 1. The van der Waals surface area contributed by atoms with E-state index >= 15 is 0 Å². The Hall–Kier alpha value is -1.39. The number of hydrogen-bond acceptors (Lipinski definition) is 5. The van der Waals surface area contributed by atoms with Crippen LogP contribution in [0.3, 0.4) is 0 Å². The van der Waals surface area contributed by atoms with Crippen LogP contribution in [0.4, 0.5) is 4.79 Å². The molecule has 2 N–H and O–H groups in total. The lowest BCUT2D eigenvalue weighted by atomic mass is 10.1. The third-order valence-electron chi connectivity index (χ3n) is 2.01. The van der Waals surface area contributed by atoms with Gasteiger partial charge in [0, 0.05) is 0 Å². The second-order valence-corrected chi connectivity index (χ2v) is 3.96. The van der Waals surface area contributed by atoms with E-state index in [2.05, 4.69) is 0 Å². The second kappa shape index (κ2) is 8.88. The second-order valence-electron chi connectivity index (χ2n) is 3.96. The van der Waals surface area contributed by atoms with Gasteiger partial charge in [0.25, 0.3) is 0 Å². The lowest BCUT2D eigenvalue weighted by molar-refractivity contribution is 0.0388. The molecule has 92 valence electrons. The van der Waals surface area contributed by atoms with Gasteiger partial charge >= 0.3 is 6.16 Å². The van der Waals surface area contributed by atoms with Crippen LogP contribution >= 0.6 is 0 Å². The molecule has 0 aliphatic rings. The van der Waals surface area contributed by atoms with Crippen molar-refractivity contribution in [2.75, 3.05) is 13.2 Å². The molecule has 16 heavy (non-hydrogen) atoms. The van der Waals surface area contributed by atoms with E-state index in [-0.39, 0.29) is 25.0 Å². The quantitative estimate of drug-likeness (QED) is 0.494. The molecule has 0 amide bonds. The molecule has 0 bridgehead atoms. The molecule has 2 atom stereocenters. The Labute approximate surface area is 96.1 Å². The Morgan fingerprint density at radius 1 is 1.06 bits per heavy atom. The number of rotatable bonds is 8. The van der Waals surface area contributed by atoms with Crippen LogP contribution < -0.4 is 0 Å². The first-order chi connectivity index (χ1) is 7.60. The fourth-order valence-electron chi connectivity index (χ4n) is 1.00. The highest BCUT2D eigenvalue weighted by Gasteiger charge is 2.09. The molecule has 0 aromatic rings. The van der Waals surface area contributed by atoms with Crippen molar-refractivity contribution in [1.29, 1.82) is 10.8 Å². The smallest absolute Gasteiger partial charge is 0.434 e. The molecule has 0 saturated carbocycles. The highest BCUT2D eigenvalue weighted by molar-refractivity contribution is 5.60. The molecule has 5 nitrogen and oxygen atoms in total. The fraction of sp³-hybridized carbons (Fsp3) is 0.727. The van der Waals surface area contributed by atoms with E-state index in [9.17, 15) is 4.79 Å². The van der Waals surface area contributed by atoms with Gasteiger partial charge in [-0.2, -0.15) is 0 Å². The van der Waals surface area contributed by atoms with Gasteiger partial charge < -0.3 is 20.3 Å². The van der Waals surface area contributed by atoms with Gasteiger partial charge in [-0.25, -0.2) is 4.79 Å². The third-order valence-corrected chi connectivity index (χ3v) is 2.01. The standard InChI is InChI=1S/C11H20N2O3/c1-9(3-5-12)7-15-11(14)16-8-10(2)4-6-13/h5-6,9-10,12-13H,3-4,7-8H2,1-2H3. The minimum absolute atomic E-state index is 0.143. The molecule has 0 aliphatic heterocycles. The van der Waals surface area contributed by atoms with Gasteiger partial charge in [0.15, 0.2) is 0 Å². The fourth-order valence-corrected chi connectivity index (χ4v) is 1.00. The largest absolute Gasteiger partial charge is 0.508 e. The molecule has 2 unspecified atom stereocenters. The van der Waals surface area contributed by atoms with Crippen molar-refractivity contribution < 1.29 is 14.3 Å². The Balaban J connectivity index is 3.58. The summed E-state index contributed by atoms with van der Waals surface area (Å²) in [5.41, 5.74) is 0. The predicted octanol–water partition coefficient (Wildman–Crippen LogP) is 2.49. The molecular weight excluding hydrogens is 208 g/mol. The molecule has 0 rings (SSSR count). The van der Waals surface area contributed by atoms with E-state index in [0.717, 1.165) is 0 Å². The summed E-state index contributed by atoms with van der Waals surface area (Å²) >= 11 is 0. The summed E-state index contributed by atoms with van der Waals surface area (Å²) < 4.78 is 9.73. The van der Waals surface area contributed by atoms with E-state index in [1.165, 1.54) is 12.4 Å². The maximum absolute atomic E-state index is 11.1. The molecule has 0 radical (unpaired) electrons. The van der Waals surface area contributed by atoms with E-state index < -0.39 is 6.16 Å². The van der Waals surface area contributed by atoms with Gasteiger partial charge in [-0.1, -0.05) is 13.8 Å². The first kappa shape index (κ1) is 14.6. The van der Waals surface area contributed by atoms with Crippen molar-refractivity contribution in [2.24, 2.45) is 11.8 Å². The van der Waals surface area contributed by atoms with Gasteiger partial charge in [0.1, 0.15) is 0 Å². The first-order valence-corrected chi connectivity index (χ1v) is 5.37. The topological polar surface area (TPSA) is 83.2 Å². The van der Waals surface area contributed by atoms with Crippen LogP contribution in [0.25, 0.3) is 0 Å². The SMILES string of the molecule is CC(CC=N)COC(=O)OCC(C)CC=N. The van der Waals surface area contributed by atoms with Gasteiger partial charge in [-0.3, -0.25) is 0 Å². The molecule has 0 aromatic carbocycles. The van der Waals surface area contributed by atoms with Crippen molar-refractivity contribution in [3.8, 4) is 0 Å². The van der Waals surface area contributed by atoms with Crippen molar-refractivity contribution in [3.05, 3.63) is 0 Å². The molecule has 0 aromatic heterocycles. The van der Waals surface area contributed by atoms with Crippen LogP contribution in [-0.4, -0.2) is 31.8 Å².